The van der Waals surface area contributed by atoms with E-state index in [4.69, 9.17) is 4.74 Å². The van der Waals surface area contributed by atoms with Gasteiger partial charge in [-0.3, -0.25) is 14.5 Å². The van der Waals surface area contributed by atoms with Crippen LogP contribution in [0.1, 0.15) is 12.0 Å². The molecule has 152 valence electrons. The van der Waals surface area contributed by atoms with Gasteiger partial charge in [0, 0.05) is 32.7 Å². The van der Waals surface area contributed by atoms with Crippen LogP contribution >= 0.6 is 0 Å². The van der Waals surface area contributed by atoms with Crippen LogP contribution in [0.2, 0.25) is 0 Å². The molecule has 1 saturated heterocycles. The molecule has 1 fully saturated rings. The van der Waals surface area contributed by atoms with Crippen LogP contribution in [-0.2, 0) is 9.59 Å². The van der Waals surface area contributed by atoms with Crippen molar-refractivity contribution in [1.29, 1.82) is 0 Å². The first kappa shape index (κ1) is 20.6. The van der Waals surface area contributed by atoms with Gasteiger partial charge in [0.1, 0.15) is 12.2 Å². The standard InChI is InChI=1S/C23H27N3O3/c1-29-21-12-6-5-11-20(21)24-22(27)18-23(28)26-16-14-25(15-17-26)13-7-10-19-8-3-2-4-9-19/h2-12H,13-18H2,1H3,(H,24,27)/b10-7+. The van der Waals surface area contributed by atoms with E-state index in [1.165, 1.54) is 5.56 Å². The van der Waals surface area contributed by atoms with Crippen molar-refractivity contribution in [2.24, 2.45) is 0 Å². The summed E-state index contributed by atoms with van der Waals surface area (Å²) in [5, 5.41) is 2.75. The molecule has 1 N–H and O–H groups in total. The van der Waals surface area contributed by atoms with Crippen LogP contribution in [0.25, 0.3) is 6.08 Å². The Morgan fingerprint density at radius 3 is 2.41 bits per heavy atom. The topological polar surface area (TPSA) is 61.9 Å². The molecule has 1 aliphatic rings. The molecule has 0 bridgehead atoms. The number of nitrogens with one attached hydrogen (secondary N) is 1. The van der Waals surface area contributed by atoms with Crippen molar-refractivity contribution in [3.8, 4) is 5.75 Å². The molecule has 0 aliphatic carbocycles. The Hall–Kier alpha value is -3.12. The molecule has 0 unspecified atom stereocenters. The van der Waals surface area contributed by atoms with E-state index in [0.717, 1.165) is 19.6 Å². The first-order chi connectivity index (χ1) is 14.2. The van der Waals surface area contributed by atoms with E-state index < -0.39 is 0 Å². The summed E-state index contributed by atoms with van der Waals surface area (Å²) in [5.74, 6) is 0.107. The number of rotatable bonds is 7. The van der Waals surface area contributed by atoms with Gasteiger partial charge in [-0.2, -0.15) is 0 Å². The fourth-order valence-corrected chi connectivity index (χ4v) is 3.27. The number of anilines is 1. The van der Waals surface area contributed by atoms with Gasteiger partial charge in [0.05, 0.1) is 12.8 Å². The molecule has 29 heavy (non-hydrogen) atoms. The van der Waals surface area contributed by atoms with E-state index in [9.17, 15) is 9.59 Å². The van der Waals surface area contributed by atoms with E-state index in [1.54, 1.807) is 24.1 Å². The normalized spacial score (nSPS) is 14.7. The zero-order valence-electron chi connectivity index (χ0n) is 16.7. The average Bonchev–Trinajstić information content (AvgIpc) is 2.75. The van der Waals surface area contributed by atoms with E-state index in [-0.39, 0.29) is 18.2 Å². The Kier molecular flexibility index (Phi) is 7.41. The van der Waals surface area contributed by atoms with Crippen LogP contribution in [0.5, 0.6) is 5.75 Å². The average molecular weight is 393 g/mol. The highest BCUT2D eigenvalue weighted by Gasteiger charge is 2.22. The smallest absolute Gasteiger partial charge is 0.233 e. The number of ether oxygens (including phenoxy) is 1. The highest BCUT2D eigenvalue weighted by molar-refractivity contribution is 6.04. The van der Waals surface area contributed by atoms with E-state index in [2.05, 4.69) is 34.5 Å². The number of carbonyl (C=O) groups is 2. The van der Waals surface area contributed by atoms with Gasteiger partial charge in [-0.05, 0) is 17.7 Å². The highest BCUT2D eigenvalue weighted by atomic mass is 16.5. The van der Waals surface area contributed by atoms with Crippen LogP contribution < -0.4 is 10.1 Å². The third-order valence-corrected chi connectivity index (χ3v) is 4.89. The van der Waals surface area contributed by atoms with E-state index in [0.29, 0.717) is 24.5 Å². The second-order valence-corrected chi connectivity index (χ2v) is 6.92. The molecule has 2 aromatic carbocycles. The number of para-hydroxylation sites is 2. The monoisotopic (exact) mass is 393 g/mol. The van der Waals surface area contributed by atoms with Gasteiger partial charge in [-0.1, -0.05) is 54.6 Å². The molecular weight excluding hydrogens is 366 g/mol. The second-order valence-electron chi connectivity index (χ2n) is 6.92. The van der Waals surface area contributed by atoms with Crippen molar-refractivity contribution >= 4 is 23.6 Å². The predicted octanol–water partition coefficient (Wildman–Crippen LogP) is 2.88. The first-order valence-electron chi connectivity index (χ1n) is 9.80. The summed E-state index contributed by atoms with van der Waals surface area (Å²) in [7, 11) is 1.55. The van der Waals surface area contributed by atoms with Gasteiger partial charge in [-0.15, -0.1) is 0 Å². The fraction of sp³-hybridized carbons (Fsp3) is 0.304. The quantitative estimate of drug-likeness (QED) is 0.735. The Bertz CT molecular complexity index is 843. The van der Waals surface area contributed by atoms with E-state index >= 15 is 0 Å². The number of nitrogens with zero attached hydrogens (tertiary/aromatic N) is 2. The first-order valence-corrected chi connectivity index (χ1v) is 9.80. The lowest BCUT2D eigenvalue weighted by molar-refractivity contribution is -0.136. The molecule has 1 heterocycles. The number of carbonyl (C=O) groups excluding carboxylic acids is 2. The Balaban J connectivity index is 1.41. The fourth-order valence-electron chi connectivity index (χ4n) is 3.27. The van der Waals surface area contributed by atoms with Crippen LogP contribution in [0.15, 0.2) is 60.7 Å². The summed E-state index contributed by atoms with van der Waals surface area (Å²) in [6.07, 6.45) is 4.10. The van der Waals surface area contributed by atoms with Gasteiger partial charge in [0.15, 0.2) is 0 Å². The number of methoxy groups -OCH3 is 1. The zero-order valence-corrected chi connectivity index (χ0v) is 16.7. The summed E-state index contributed by atoms with van der Waals surface area (Å²) >= 11 is 0. The van der Waals surface area contributed by atoms with Crippen LogP contribution in [0.3, 0.4) is 0 Å². The zero-order chi connectivity index (χ0) is 20.5. The van der Waals surface area contributed by atoms with Crippen molar-refractivity contribution in [2.45, 2.75) is 6.42 Å². The lowest BCUT2D eigenvalue weighted by atomic mass is 10.2. The Morgan fingerprint density at radius 1 is 1.00 bits per heavy atom. The molecule has 2 amide bonds. The summed E-state index contributed by atoms with van der Waals surface area (Å²) in [5.41, 5.74) is 1.75. The molecule has 2 aromatic rings. The minimum absolute atomic E-state index is 0.142. The second kappa shape index (κ2) is 10.4. The molecule has 0 radical (unpaired) electrons. The Labute approximate surface area is 171 Å². The van der Waals surface area contributed by atoms with Gasteiger partial charge in [0.25, 0.3) is 0 Å². The number of amides is 2. The van der Waals surface area contributed by atoms with Crippen LogP contribution in [0, 0.1) is 0 Å². The molecular formula is C23H27N3O3. The van der Waals surface area contributed by atoms with Crippen molar-refractivity contribution in [3.63, 3.8) is 0 Å². The van der Waals surface area contributed by atoms with Gasteiger partial charge >= 0.3 is 0 Å². The number of hydrogen-bond acceptors (Lipinski definition) is 4. The summed E-state index contributed by atoms with van der Waals surface area (Å²) in [6, 6.07) is 17.4. The predicted molar refractivity (Wildman–Crippen MR) is 115 cm³/mol. The maximum atomic E-state index is 12.5. The van der Waals surface area contributed by atoms with E-state index in [1.807, 2.05) is 30.3 Å². The largest absolute Gasteiger partial charge is 0.495 e. The van der Waals surface area contributed by atoms with Gasteiger partial charge in [-0.25, -0.2) is 0 Å². The number of benzene rings is 2. The summed E-state index contributed by atoms with van der Waals surface area (Å²) in [4.78, 5) is 28.8. The maximum absolute atomic E-state index is 12.5. The third-order valence-electron chi connectivity index (χ3n) is 4.89. The molecule has 1 aliphatic heterocycles. The van der Waals surface area contributed by atoms with Gasteiger partial charge in [0.2, 0.25) is 11.8 Å². The SMILES string of the molecule is COc1ccccc1NC(=O)CC(=O)N1CCN(C/C=C/c2ccccc2)CC1. The maximum Gasteiger partial charge on any atom is 0.233 e. The molecule has 3 rings (SSSR count). The third kappa shape index (κ3) is 6.19. The Morgan fingerprint density at radius 2 is 1.69 bits per heavy atom. The highest BCUT2D eigenvalue weighted by Crippen LogP contribution is 2.23. The molecule has 0 spiro atoms. The van der Waals surface area contributed by atoms with Crippen molar-refractivity contribution in [2.75, 3.05) is 45.2 Å². The molecule has 0 atom stereocenters. The van der Waals surface area contributed by atoms with Crippen LogP contribution in [-0.4, -0.2) is 61.4 Å². The number of piperazine rings is 1. The van der Waals surface area contributed by atoms with Crippen LogP contribution in [0.4, 0.5) is 5.69 Å². The van der Waals surface area contributed by atoms with Crippen molar-refractivity contribution in [3.05, 3.63) is 66.2 Å². The lowest BCUT2D eigenvalue weighted by Gasteiger charge is -2.34. The van der Waals surface area contributed by atoms with Crippen molar-refractivity contribution < 1.29 is 14.3 Å². The van der Waals surface area contributed by atoms with Gasteiger partial charge < -0.3 is 15.0 Å². The molecule has 6 nitrogen and oxygen atoms in total. The summed E-state index contributed by atoms with van der Waals surface area (Å²) < 4.78 is 5.22. The molecule has 0 aromatic heterocycles. The minimum Gasteiger partial charge on any atom is -0.495 e. The number of hydrogen-bond donors (Lipinski definition) is 1. The molecule has 0 saturated carbocycles. The summed E-state index contributed by atoms with van der Waals surface area (Å²) in [6.45, 7) is 3.74. The lowest BCUT2D eigenvalue weighted by Crippen LogP contribution is -2.49. The minimum atomic E-state index is -0.326. The molecule has 6 heteroatoms. The van der Waals surface area contributed by atoms with Crippen molar-refractivity contribution in [1.82, 2.24) is 9.80 Å².